The van der Waals surface area contributed by atoms with Crippen LogP contribution in [-0.4, -0.2) is 95.6 Å². The molecular formula is C23H33KN3O3S. The molecule has 1 saturated carbocycles. The molecule has 0 unspecified atom stereocenters. The summed E-state index contributed by atoms with van der Waals surface area (Å²) in [6.45, 7) is 2.07. The Morgan fingerprint density at radius 1 is 0.935 bits per heavy atom. The van der Waals surface area contributed by atoms with E-state index in [2.05, 4.69) is 21.0 Å². The average molecular weight is 471 g/mol. The van der Waals surface area contributed by atoms with Crippen molar-refractivity contribution in [1.82, 2.24) is 9.62 Å². The molecule has 1 heterocycles. The Morgan fingerprint density at radius 3 is 2.16 bits per heavy atom. The number of rotatable bonds is 5. The van der Waals surface area contributed by atoms with Crippen LogP contribution >= 0.6 is 0 Å². The summed E-state index contributed by atoms with van der Waals surface area (Å²) in [6, 6.07) is 1.70. The largest absolute Gasteiger partial charge is 0.332 e. The fourth-order valence-corrected chi connectivity index (χ4v) is 7.21. The van der Waals surface area contributed by atoms with E-state index in [9.17, 15) is 13.2 Å². The first-order valence-electron chi connectivity index (χ1n) is 11.7. The Balaban J connectivity index is 0.00000231. The molecule has 3 aliphatic carbocycles. The number of nitrogens with one attached hydrogen (secondary N) is 2. The van der Waals surface area contributed by atoms with Crippen LogP contribution in [0, 0.1) is 5.92 Å². The number of likely N-dealkylation sites (tertiary alicyclic amines) is 1. The van der Waals surface area contributed by atoms with Gasteiger partial charge in [-0.1, -0.05) is 25.3 Å². The third-order valence-corrected chi connectivity index (χ3v) is 9.20. The van der Waals surface area contributed by atoms with Crippen LogP contribution < -0.4 is 10.0 Å². The van der Waals surface area contributed by atoms with E-state index in [0.717, 1.165) is 50.8 Å². The van der Waals surface area contributed by atoms with Crippen LogP contribution in [0.2, 0.25) is 0 Å². The number of carbonyl (C=O) groups excluding carboxylic acids is 1. The number of anilines is 1. The van der Waals surface area contributed by atoms with Crippen LogP contribution in [0.25, 0.3) is 0 Å². The maximum absolute atomic E-state index is 12.7. The molecule has 165 valence electrons. The second-order valence-corrected chi connectivity index (χ2v) is 11.6. The van der Waals surface area contributed by atoms with Crippen molar-refractivity contribution < 1.29 is 13.2 Å². The van der Waals surface area contributed by atoms with Gasteiger partial charge in [0.1, 0.15) is 5.25 Å². The normalized spacial score (nSPS) is 21.7. The summed E-state index contributed by atoms with van der Waals surface area (Å²) in [5.41, 5.74) is 5.96. The number of sulfonamides is 1. The Hall–Kier alpha value is 0.0364. The van der Waals surface area contributed by atoms with E-state index in [4.69, 9.17) is 0 Å². The van der Waals surface area contributed by atoms with Gasteiger partial charge in [-0.3, -0.25) is 0 Å². The van der Waals surface area contributed by atoms with Crippen LogP contribution in [0.1, 0.15) is 67.2 Å². The van der Waals surface area contributed by atoms with Crippen molar-refractivity contribution in [3.8, 4) is 0 Å². The van der Waals surface area contributed by atoms with Crippen LogP contribution in [0.15, 0.2) is 6.07 Å². The van der Waals surface area contributed by atoms with Crippen molar-refractivity contribution in [1.29, 1.82) is 0 Å². The van der Waals surface area contributed by atoms with E-state index in [1.165, 1.54) is 54.4 Å². The zero-order valence-electron chi connectivity index (χ0n) is 18.7. The molecule has 1 aromatic rings. The molecule has 2 amide bonds. The zero-order valence-corrected chi connectivity index (χ0v) is 22.7. The molecule has 1 aromatic carbocycles. The number of hydrogen-bond acceptors (Lipinski definition) is 4. The van der Waals surface area contributed by atoms with Gasteiger partial charge in [-0.15, -0.1) is 0 Å². The van der Waals surface area contributed by atoms with Crippen LogP contribution in [-0.2, 0) is 35.7 Å². The van der Waals surface area contributed by atoms with E-state index in [-0.39, 0.29) is 51.4 Å². The maximum Gasteiger partial charge on any atom is 0.332 e. The summed E-state index contributed by atoms with van der Waals surface area (Å²) >= 11 is 0. The first kappa shape index (κ1) is 24.2. The summed E-state index contributed by atoms with van der Waals surface area (Å²) in [4.78, 5) is 14.9. The first-order chi connectivity index (χ1) is 14.5. The third kappa shape index (κ3) is 5.25. The molecule has 5 rings (SSSR count). The van der Waals surface area contributed by atoms with Gasteiger partial charge in [-0.05, 0) is 79.5 Å². The van der Waals surface area contributed by atoms with Crippen molar-refractivity contribution >= 4 is 73.1 Å². The molecular weight excluding hydrogens is 437 g/mol. The number of benzene rings is 1. The smallest absolute Gasteiger partial charge is 0.307 e. The van der Waals surface area contributed by atoms with Gasteiger partial charge in [-0.25, -0.2) is 17.9 Å². The standard InChI is InChI=1S/C23H33N3O3S.K/c27-23(24-22-20-10-4-8-17(20)12-18-9-5-11-21(18)22)25-30(28,29)19-14-26(15-19)13-16-6-2-1-3-7-16;/h12,16,19H,1-11,13-15H2,(H2,24,25,27);. The minimum atomic E-state index is -3.65. The summed E-state index contributed by atoms with van der Waals surface area (Å²) < 4.78 is 27.7. The molecule has 1 radical (unpaired) electrons. The van der Waals surface area contributed by atoms with Gasteiger partial charge < -0.3 is 10.2 Å². The van der Waals surface area contributed by atoms with E-state index in [1.54, 1.807) is 0 Å². The molecule has 0 atom stereocenters. The van der Waals surface area contributed by atoms with Crippen molar-refractivity contribution in [3.63, 3.8) is 0 Å². The van der Waals surface area contributed by atoms with Crippen molar-refractivity contribution in [2.24, 2.45) is 5.92 Å². The Kier molecular flexibility index (Phi) is 7.89. The molecule has 0 aromatic heterocycles. The second-order valence-electron chi connectivity index (χ2n) is 9.68. The van der Waals surface area contributed by atoms with Gasteiger partial charge in [0, 0.05) is 76.7 Å². The molecule has 4 aliphatic rings. The zero-order chi connectivity index (χ0) is 20.7. The Bertz CT molecular complexity index is 906. The predicted octanol–water partition coefficient (Wildman–Crippen LogP) is 3.00. The van der Waals surface area contributed by atoms with Crippen molar-refractivity contribution in [2.75, 3.05) is 25.0 Å². The van der Waals surface area contributed by atoms with E-state index in [0.29, 0.717) is 19.0 Å². The third-order valence-electron chi connectivity index (χ3n) is 7.55. The van der Waals surface area contributed by atoms with Gasteiger partial charge in [0.15, 0.2) is 0 Å². The monoisotopic (exact) mass is 470 g/mol. The SMILES string of the molecule is O=C(Nc1c2c(cc3c1CCC3)CCC2)NS(=O)(=O)C1CN(CC2CCCCC2)C1.[K]. The average Bonchev–Trinajstić information content (AvgIpc) is 3.33. The molecule has 0 bridgehead atoms. The molecule has 31 heavy (non-hydrogen) atoms. The van der Waals surface area contributed by atoms with Gasteiger partial charge in [-0.2, -0.15) is 0 Å². The number of aryl methyl sites for hydroxylation is 2. The minimum Gasteiger partial charge on any atom is -0.307 e. The predicted molar refractivity (Wildman–Crippen MR) is 124 cm³/mol. The van der Waals surface area contributed by atoms with E-state index in [1.807, 2.05) is 0 Å². The Morgan fingerprint density at radius 2 is 1.55 bits per heavy atom. The van der Waals surface area contributed by atoms with Gasteiger partial charge in [0.05, 0.1) is 0 Å². The summed E-state index contributed by atoms with van der Waals surface area (Å²) in [6.07, 6.45) is 12.7. The molecule has 0 spiro atoms. The molecule has 6 nitrogen and oxygen atoms in total. The minimum absolute atomic E-state index is 0. The summed E-state index contributed by atoms with van der Waals surface area (Å²) in [5, 5.41) is 2.45. The summed E-state index contributed by atoms with van der Waals surface area (Å²) in [5.74, 6) is 0.709. The molecule has 1 aliphatic heterocycles. The fraction of sp³-hybridized carbons (Fsp3) is 0.696. The van der Waals surface area contributed by atoms with Gasteiger partial charge in [0.25, 0.3) is 0 Å². The Labute approximate surface area is 228 Å². The molecule has 2 fully saturated rings. The van der Waals surface area contributed by atoms with Gasteiger partial charge >= 0.3 is 6.03 Å². The maximum atomic E-state index is 12.7. The number of amides is 2. The van der Waals surface area contributed by atoms with Gasteiger partial charge in [0.2, 0.25) is 10.0 Å². The first-order valence-corrected chi connectivity index (χ1v) is 13.3. The quantitative estimate of drug-likeness (QED) is 0.649. The topological polar surface area (TPSA) is 78.5 Å². The fourth-order valence-electron chi connectivity index (χ4n) is 5.92. The number of nitrogens with zero attached hydrogens (tertiary/aromatic N) is 1. The van der Waals surface area contributed by atoms with Crippen LogP contribution in [0.4, 0.5) is 10.5 Å². The molecule has 8 heteroatoms. The number of carbonyl (C=O) groups is 1. The van der Waals surface area contributed by atoms with Crippen LogP contribution in [0.5, 0.6) is 0 Å². The summed E-state index contributed by atoms with van der Waals surface area (Å²) in [7, 11) is -3.65. The van der Waals surface area contributed by atoms with Crippen molar-refractivity contribution in [3.05, 3.63) is 28.3 Å². The number of fused-ring (bicyclic) bond motifs is 2. The van der Waals surface area contributed by atoms with E-state index >= 15 is 0 Å². The van der Waals surface area contributed by atoms with E-state index < -0.39 is 21.3 Å². The second kappa shape index (κ2) is 10.1. The number of urea groups is 1. The van der Waals surface area contributed by atoms with Crippen LogP contribution in [0.3, 0.4) is 0 Å². The molecule has 1 saturated heterocycles. The van der Waals surface area contributed by atoms with Crippen molar-refractivity contribution in [2.45, 2.75) is 75.9 Å². The number of hydrogen-bond donors (Lipinski definition) is 2. The molecule has 2 N–H and O–H groups in total.